The molecule has 8 aromatic rings. The van der Waals surface area contributed by atoms with Crippen LogP contribution in [0, 0.1) is 22.1 Å². The number of halogens is 2. The highest BCUT2D eigenvalue weighted by molar-refractivity contribution is 6.09. The Labute approximate surface area is 517 Å². The Kier molecular flexibility index (Phi) is 17.6. The van der Waals surface area contributed by atoms with E-state index in [1.807, 2.05) is 0 Å². The molecule has 4 aliphatic heterocycles. The van der Waals surface area contributed by atoms with Gasteiger partial charge in [-0.25, -0.2) is 18.6 Å². The number of allylic oxidation sites excluding steroid dienone is 8. The van der Waals surface area contributed by atoms with Gasteiger partial charge in [-0.05, 0) is 137 Å². The molecule has 12 rings (SSSR count). The van der Waals surface area contributed by atoms with Crippen molar-refractivity contribution in [3.63, 3.8) is 0 Å². The minimum absolute atomic E-state index is 0. The van der Waals surface area contributed by atoms with Gasteiger partial charge in [0.25, 0.3) is 0 Å². The second-order valence-corrected chi connectivity index (χ2v) is 26.7. The van der Waals surface area contributed by atoms with Crippen LogP contribution in [0.5, 0.6) is 0 Å². The monoisotopic (exact) mass is 1250 g/mol. The molecule has 0 amide bonds. The molecule has 436 valence electrons. The number of hydrogen-bond acceptors (Lipinski definition) is 6. The SMILES string of the molecule is CC(C)CCN1C(=CC=CC2=[N+](CCC(C)C)c3ccc4ccccc4c3C2(C)C)C(C)(C)c2c1ccc1ccccc21.CN1C(=CC=CC2=[N+](C)c3ccc4ccccc4c3C2(C)C)C(C)(C)c2c1ccc1ccccc21.[I-].[O-][Cl+3]([O-])([O-])[O-]. The van der Waals surface area contributed by atoms with Gasteiger partial charge in [0.15, 0.2) is 11.4 Å². The molecule has 8 nitrogen and oxygen atoms in total. The van der Waals surface area contributed by atoms with Gasteiger partial charge in [-0.1, -0.05) is 177 Å². The fourth-order valence-electron chi connectivity index (χ4n) is 14.2. The van der Waals surface area contributed by atoms with Crippen molar-refractivity contribution < 1.29 is 62.0 Å². The van der Waals surface area contributed by atoms with Crippen LogP contribution in [0.3, 0.4) is 0 Å². The molecule has 4 heterocycles. The van der Waals surface area contributed by atoms with E-state index in [1.165, 1.54) is 124 Å². The minimum Gasteiger partial charge on any atom is -1.00 e. The Morgan fingerprint density at radius 1 is 0.464 bits per heavy atom. The summed E-state index contributed by atoms with van der Waals surface area (Å²) in [4.78, 5) is 4.97. The summed E-state index contributed by atoms with van der Waals surface area (Å²) >= 11 is 0. The maximum Gasteiger partial charge on any atom is 0.210 e. The zero-order valence-corrected chi connectivity index (χ0v) is 54.4. The molecule has 8 aromatic carbocycles. The lowest BCUT2D eigenvalue weighted by Gasteiger charge is -2.27. The first-order chi connectivity index (χ1) is 39.2. The Balaban J connectivity index is 0.000000187. The van der Waals surface area contributed by atoms with Crippen LogP contribution in [0.2, 0.25) is 0 Å². The van der Waals surface area contributed by atoms with Gasteiger partial charge >= 0.3 is 0 Å². The minimum atomic E-state index is -4.94. The summed E-state index contributed by atoms with van der Waals surface area (Å²) in [6, 6.07) is 53.6. The van der Waals surface area contributed by atoms with E-state index in [0.29, 0.717) is 11.8 Å². The molecule has 10 heteroatoms. The van der Waals surface area contributed by atoms with Crippen LogP contribution in [0.15, 0.2) is 193 Å². The second kappa shape index (κ2) is 23.8. The molecule has 0 spiro atoms. The third kappa shape index (κ3) is 11.4. The van der Waals surface area contributed by atoms with Gasteiger partial charge < -0.3 is 33.8 Å². The van der Waals surface area contributed by atoms with Crippen molar-refractivity contribution in [3.05, 3.63) is 216 Å². The number of rotatable bonds is 10. The third-order valence-corrected chi connectivity index (χ3v) is 18.2. The highest BCUT2D eigenvalue weighted by Gasteiger charge is 2.47. The smallest absolute Gasteiger partial charge is 0.210 e. The van der Waals surface area contributed by atoms with Crippen molar-refractivity contribution in [2.75, 3.05) is 37.0 Å². The number of anilines is 2. The van der Waals surface area contributed by atoms with Gasteiger partial charge in [-0.2, -0.15) is 9.15 Å². The Bertz CT molecular complexity index is 4030. The first-order valence-electron chi connectivity index (χ1n) is 29.5. The van der Waals surface area contributed by atoms with Gasteiger partial charge in [0, 0.05) is 89.0 Å². The van der Waals surface area contributed by atoms with E-state index >= 15 is 0 Å². The van der Waals surface area contributed by atoms with Gasteiger partial charge in [0.05, 0.1) is 10.8 Å². The number of nitrogens with zero attached hydrogens (tertiary/aromatic N) is 4. The summed E-state index contributed by atoms with van der Waals surface area (Å²) in [7, 11) is -0.550. The van der Waals surface area contributed by atoms with E-state index in [2.05, 4.69) is 298 Å². The maximum atomic E-state index is 8.49. The molecule has 0 aromatic heterocycles. The summed E-state index contributed by atoms with van der Waals surface area (Å²) < 4.78 is 38.9. The Hall–Kier alpha value is -6.44. The molecular weight excluding hydrogens is 1170 g/mol. The zero-order chi connectivity index (χ0) is 59.6. The zero-order valence-electron chi connectivity index (χ0n) is 51.5. The van der Waals surface area contributed by atoms with Gasteiger partial charge in [-0.3, -0.25) is 0 Å². The molecule has 0 saturated heterocycles. The molecule has 0 fully saturated rings. The standard InChI is InChI=1S/C41H49N2.C33H33N2.ClHO4.HI/c1-28(2)24-26-42-34-22-20-30-14-9-11-16-32(30)38(34)40(5,6)36(42)18-13-19-37-41(7,8)39-33-17-12-10-15-31(33)21-23-35(39)43(37)27-25-29(3)4;1-32(2)28(34(5)26-20-18-22-12-7-9-14-24(22)30(26)32)16-11-17-29-33(3,4)31-25-15-10-8-13-23(25)19-21-27(31)35(29)6;2-1(3,4)5;/h9-23,28-29H,24-27H2,1-8H3;7-21H,1-6H3;(H,2,3,4,5);1H/q2*+1;;/p-2. The van der Waals surface area contributed by atoms with E-state index in [1.54, 1.807) is 0 Å². The topological polar surface area (TPSA) is 105 Å². The highest BCUT2D eigenvalue weighted by atomic mass is 127. The molecule has 0 aliphatic carbocycles. The van der Waals surface area contributed by atoms with Gasteiger partial charge in [0.1, 0.15) is 13.6 Å². The van der Waals surface area contributed by atoms with Crippen molar-refractivity contribution in [1.29, 1.82) is 0 Å². The largest absolute Gasteiger partial charge is 1.00 e. The molecule has 0 atom stereocenters. The van der Waals surface area contributed by atoms with E-state index in [9.17, 15) is 0 Å². The molecule has 84 heavy (non-hydrogen) atoms. The van der Waals surface area contributed by atoms with Crippen molar-refractivity contribution in [2.45, 2.75) is 118 Å². The van der Waals surface area contributed by atoms with Crippen LogP contribution >= 0.6 is 0 Å². The Morgan fingerprint density at radius 3 is 1.35 bits per heavy atom. The van der Waals surface area contributed by atoms with Crippen molar-refractivity contribution in [2.24, 2.45) is 11.8 Å². The molecule has 0 radical (unpaired) electrons. The van der Waals surface area contributed by atoms with Gasteiger partial charge in [-0.15, -0.1) is 10.2 Å². The first kappa shape index (κ1) is 62.1. The van der Waals surface area contributed by atoms with Crippen molar-refractivity contribution >= 4 is 77.3 Å². The predicted molar refractivity (Wildman–Crippen MR) is 338 cm³/mol. The second-order valence-electron chi connectivity index (χ2n) is 26.0. The molecule has 0 unspecified atom stereocenters. The van der Waals surface area contributed by atoms with Crippen molar-refractivity contribution in [3.8, 4) is 0 Å². The first-order valence-corrected chi connectivity index (χ1v) is 30.7. The molecule has 0 N–H and O–H groups in total. The van der Waals surface area contributed by atoms with Crippen LogP contribution in [0.4, 0.5) is 22.7 Å². The summed E-state index contributed by atoms with van der Waals surface area (Å²) in [6.07, 6.45) is 16.4. The van der Waals surface area contributed by atoms with Crippen molar-refractivity contribution in [1.82, 2.24) is 0 Å². The number of fused-ring (bicyclic) bond motifs is 12. The fourth-order valence-corrected chi connectivity index (χ4v) is 14.2. The Morgan fingerprint density at radius 2 is 0.845 bits per heavy atom. The molecular formula is C74H82ClIN4O4. The van der Waals surface area contributed by atoms with E-state index < -0.39 is 10.2 Å². The van der Waals surface area contributed by atoms with Crippen LogP contribution in [-0.4, -0.2) is 47.8 Å². The summed E-state index contributed by atoms with van der Waals surface area (Å²) in [6.45, 7) is 30.4. The lowest BCUT2D eigenvalue weighted by Crippen LogP contribution is -3.00. The predicted octanol–water partition coefficient (Wildman–Crippen LogP) is 10.8. The fraction of sp³-hybridized carbons (Fsp3) is 0.324. The number of hydrogen-bond donors (Lipinski definition) is 0. The van der Waals surface area contributed by atoms with Crippen LogP contribution in [-0.2, 0) is 21.7 Å². The lowest BCUT2D eigenvalue weighted by molar-refractivity contribution is -2.00. The van der Waals surface area contributed by atoms with E-state index in [4.69, 9.17) is 18.6 Å². The lowest BCUT2D eigenvalue weighted by atomic mass is 9.79. The van der Waals surface area contributed by atoms with Crippen LogP contribution in [0.25, 0.3) is 43.1 Å². The molecule has 4 aliphatic rings. The number of likely N-dealkylation sites (N-methyl/N-ethyl adjacent to an activating group) is 1. The third-order valence-electron chi connectivity index (χ3n) is 18.2. The van der Waals surface area contributed by atoms with Crippen LogP contribution in [0.1, 0.15) is 118 Å². The normalized spacial score (nSPS) is 18.1. The molecule has 0 saturated carbocycles. The molecule has 0 bridgehead atoms. The van der Waals surface area contributed by atoms with Gasteiger partial charge in [0.2, 0.25) is 11.4 Å². The van der Waals surface area contributed by atoms with Crippen LogP contribution < -0.4 is 52.4 Å². The van der Waals surface area contributed by atoms with E-state index in [0.717, 1.165) is 13.1 Å². The maximum absolute atomic E-state index is 8.49. The summed E-state index contributed by atoms with van der Waals surface area (Å²) in [5, 5.41) is 10.7. The summed E-state index contributed by atoms with van der Waals surface area (Å²) in [5.41, 5.74) is 16.2. The summed E-state index contributed by atoms with van der Waals surface area (Å²) in [5.74, 6) is 1.31. The highest BCUT2D eigenvalue weighted by Crippen LogP contribution is 2.53. The van der Waals surface area contributed by atoms with E-state index in [-0.39, 0.29) is 45.6 Å². The average molecular weight is 1250 g/mol. The quantitative estimate of drug-likeness (QED) is 0.0998. The average Bonchev–Trinajstić information content (AvgIpc) is 2.72. The number of benzene rings is 8.